The number of benzene rings is 2. The van der Waals surface area contributed by atoms with E-state index in [9.17, 15) is 10.4 Å². The van der Waals surface area contributed by atoms with Crippen LogP contribution in [0.15, 0.2) is 42.6 Å². The Morgan fingerprint density at radius 2 is 1.87 bits per heavy atom. The summed E-state index contributed by atoms with van der Waals surface area (Å²) in [6.45, 7) is 6.59. The van der Waals surface area contributed by atoms with Gasteiger partial charge in [-0.05, 0) is 78.8 Å². The first-order valence-electron chi connectivity index (χ1n) is 11.4. The highest BCUT2D eigenvalue weighted by molar-refractivity contribution is 5.99. The molecule has 2 aliphatic carbocycles. The van der Waals surface area contributed by atoms with Crippen LogP contribution in [0.3, 0.4) is 0 Å². The van der Waals surface area contributed by atoms with E-state index < -0.39 is 0 Å². The van der Waals surface area contributed by atoms with Crippen molar-refractivity contribution in [3.05, 3.63) is 64.9 Å². The molecule has 1 saturated carbocycles. The SMILES string of the molecule is Cc1cc2c(cc1C#N)c(-c1cccc3c1C=CC(C)(C)C3)cn2C1CCC(O)CC1. The second kappa shape index (κ2) is 7.39. The fraction of sp³-hybridized carbons (Fsp3) is 0.393. The van der Waals surface area contributed by atoms with Gasteiger partial charge in [0.05, 0.1) is 17.7 Å². The molecule has 31 heavy (non-hydrogen) atoms. The molecule has 0 aliphatic heterocycles. The number of fused-ring (bicyclic) bond motifs is 2. The van der Waals surface area contributed by atoms with Gasteiger partial charge in [-0.25, -0.2) is 0 Å². The Morgan fingerprint density at radius 3 is 2.61 bits per heavy atom. The van der Waals surface area contributed by atoms with Crippen molar-refractivity contribution in [2.75, 3.05) is 0 Å². The van der Waals surface area contributed by atoms with E-state index in [1.165, 1.54) is 27.8 Å². The molecule has 3 nitrogen and oxygen atoms in total. The Labute approximate surface area is 184 Å². The van der Waals surface area contributed by atoms with E-state index >= 15 is 0 Å². The highest BCUT2D eigenvalue weighted by Gasteiger charge is 2.26. The number of nitrogens with zero attached hydrogens (tertiary/aromatic N) is 2. The van der Waals surface area contributed by atoms with Crippen LogP contribution < -0.4 is 0 Å². The number of aliphatic hydroxyl groups is 1. The largest absolute Gasteiger partial charge is 0.393 e. The topological polar surface area (TPSA) is 49.0 Å². The highest BCUT2D eigenvalue weighted by atomic mass is 16.3. The number of hydrogen-bond acceptors (Lipinski definition) is 2. The molecule has 5 rings (SSSR count). The minimum Gasteiger partial charge on any atom is -0.393 e. The van der Waals surface area contributed by atoms with E-state index in [0.29, 0.717) is 6.04 Å². The predicted molar refractivity (Wildman–Crippen MR) is 127 cm³/mol. The van der Waals surface area contributed by atoms with Crippen LogP contribution in [0.5, 0.6) is 0 Å². The van der Waals surface area contributed by atoms with Crippen molar-refractivity contribution in [1.82, 2.24) is 4.57 Å². The molecule has 158 valence electrons. The van der Waals surface area contributed by atoms with Crippen molar-refractivity contribution in [1.29, 1.82) is 5.26 Å². The van der Waals surface area contributed by atoms with Crippen molar-refractivity contribution in [3.63, 3.8) is 0 Å². The van der Waals surface area contributed by atoms with Crippen LogP contribution in [0, 0.1) is 23.7 Å². The van der Waals surface area contributed by atoms with Gasteiger partial charge in [0.25, 0.3) is 0 Å². The number of nitriles is 1. The predicted octanol–water partition coefficient (Wildman–Crippen LogP) is 6.56. The van der Waals surface area contributed by atoms with E-state index in [1.54, 1.807) is 0 Å². The number of aryl methyl sites for hydroxylation is 1. The normalized spacial score (nSPS) is 22.3. The maximum absolute atomic E-state index is 10.0. The summed E-state index contributed by atoms with van der Waals surface area (Å²) in [5.41, 5.74) is 8.29. The zero-order chi connectivity index (χ0) is 21.8. The fourth-order valence-corrected chi connectivity index (χ4v) is 5.43. The zero-order valence-electron chi connectivity index (χ0n) is 18.7. The van der Waals surface area contributed by atoms with E-state index in [0.717, 1.165) is 48.6 Å². The summed E-state index contributed by atoms with van der Waals surface area (Å²) in [5.74, 6) is 0. The van der Waals surface area contributed by atoms with Gasteiger partial charge >= 0.3 is 0 Å². The minimum atomic E-state index is -0.167. The van der Waals surface area contributed by atoms with Crippen molar-refractivity contribution in [2.24, 2.45) is 5.41 Å². The average Bonchev–Trinajstić information content (AvgIpc) is 3.10. The zero-order valence-corrected chi connectivity index (χ0v) is 18.7. The molecule has 3 heteroatoms. The van der Waals surface area contributed by atoms with Crippen LogP contribution in [0.25, 0.3) is 28.1 Å². The number of aromatic nitrogens is 1. The average molecular weight is 411 g/mol. The molecule has 0 saturated heterocycles. The van der Waals surface area contributed by atoms with Gasteiger partial charge in [-0.1, -0.05) is 44.2 Å². The van der Waals surface area contributed by atoms with Crippen molar-refractivity contribution in [2.45, 2.75) is 65.0 Å². The quantitative estimate of drug-likeness (QED) is 0.520. The molecule has 2 aliphatic rings. The van der Waals surface area contributed by atoms with Crippen LogP contribution in [0.4, 0.5) is 0 Å². The Hall–Kier alpha value is -2.83. The third-order valence-electron chi connectivity index (χ3n) is 7.19. The van der Waals surface area contributed by atoms with E-state index in [1.807, 2.05) is 6.92 Å². The molecular formula is C28H30N2O. The summed E-state index contributed by atoms with van der Waals surface area (Å²) in [6.07, 6.45) is 11.5. The lowest BCUT2D eigenvalue weighted by atomic mass is 9.77. The fourth-order valence-electron chi connectivity index (χ4n) is 5.43. The number of allylic oxidation sites excluding steroid dienone is 1. The highest BCUT2D eigenvalue weighted by Crippen LogP contribution is 2.42. The molecule has 3 aromatic rings. The molecule has 1 N–H and O–H groups in total. The van der Waals surface area contributed by atoms with Crippen molar-refractivity contribution in [3.8, 4) is 17.2 Å². The van der Waals surface area contributed by atoms with Gasteiger partial charge in [0.2, 0.25) is 0 Å². The Kier molecular flexibility index (Phi) is 4.79. The van der Waals surface area contributed by atoms with Gasteiger partial charge in [0.1, 0.15) is 0 Å². The van der Waals surface area contributed by atoms with Crippen molar-refractivity contribution < 1.29 is 5.11 Å². The smallest absolute Gasteiger partial charge is 0.0994 e. The molecule has 0 amide bonds. The number of hydrogen-bond donors (Lipinski definition) is 1. The third-order valence-corrected chi connectivity index (χ3v) is 7.19. The molecule has 0 bridgehead atoms. The first-order valence-corrected chi connectivity index (χ1v) is 11.4. The van der Waals surface area contributed by atoms with Gasteiger partial charge in [0.15, 0.2) is 0 Å². The Bertz CT molecular complexity index is 1230. The summed E-state index contributed by atoms with van der Waals surface area (Å²) in [5, 5.41) is 20.8. The molecule has 1 heterocycles. The molecule has 1 fully saturated rings. The summed E-state index contributed by atoms with van der Waals surface area (Å²) in [4.78, 5) is 0. The lowest BCUT2D eigenvalue weighted by Crippen LogP contribution is -2.20. The van der Waals surface area contributed by atoms with Gasteiger partial charge in [-0.3, -0.25) is 0 Å². The lowest BCUT2D eigenvalue weighted by molar-refractivity contribution is 0.111. The van der Waals surface area contributed by atoms with Gasteiger partial charge in [0, 0.05) is 28.7 Å². The summed E-state index contributed by atoms with van der Waals surface area (Å²) in [6, 6.07) is 13.7. The lowest BCUT2D eigenvalue weighted by Gasteiger charge is -2.27. The summed E-state index contributed by atoms with van der Waals surface area (Å²) >= 11 is 0. The van der Waals surface area contributed by atoms with Crippen LogP contribution >= 0.6 is 0 Å². The van der Waals surface area contributed by atoms with Gasteiger partial charge in [-0.15, -0.1) is 0 Å². The number of rotatable bonds is 2. The molecule has 0 radical (unpaired) electrons. The van der Waals surface area contributed by atoms with E-state index in [2.05, 4.69) is 73.2 Å². The van der Waals surface area contributed by atoms with Gasteiger partial charge in [-0.2, -0.15) is 5.26 Å². The second-order valence-electron chi connectivity index (χ2n) is 10.1. The Morgan fingerprint density at radius 1 is 1.10 bits per heavy atom. The minimum absolute atomic E-state index is 0.167. The standard InChI is InChI=1S/C28H30N2O/c1-18-13-27-25(14-20(18)16-29)26(17-30(27)21-7-9-22(31)10-8-21)24-6-4-5-19-15-28(2,3)12-11-23(19)24/h4-6,11-14,17,21-22,31H,7-10,15H2,1-3H3. The van der Waals surface area contributed by atoms with Crippen LogP contribution in [0.1, 0.15) is 67.8 Å². The molecular weight excluding hydrogens is 380 g/mol. The first kappa shape index (κ1) is 20.1. The van der Waals surface area contributed by atoms with Crippen LogP contribution in [0.2, 0.25) is 0 Å². The Balaban J connectivity index is 1.72. The number of aliphatic hydroxyl groups excluding tert-OH is 1. The first-order chi connectivity index (χ1) is 14.9. The second-order valence-corrected chi connectivity index (χ2v) is 10.1. The molecule has 2 aromatic carbocycles. The van der Waals surface area contributed by atoms with Crippen LogP contribution in [-0.2, 0) is 6.42 Å². The molecule has 0 unspecified atom stereocenters. The molecule has 0 spiro atoms. The van der Waals surface area contributed by atoms with Crippen molar-refractivity contribution >= 4 is 17.0 Å². The molecule has 0 atom stereocenters. The third kappa shape index (κ3) is 3.50. The maximum atomic E-state index is 10.0. The summed E-state index contributed by atoms with van der Waals surface area (Å²) < 4.78 is 2.42. The van der Waals surface area contributed by atoms with E-state index in [-0.39, 0.29) is 11.5 Å². The van der Waals surface area contributed by atoms with Gasteiger partial charge < -0.3 is 9.67 Å². The summed E-state index contributed by atoms with van der Waals surface area (Å²) in [7, 11) is 0. The van der Waals surface area contributed by atoms with Crippen LogP contribution in [-0.4, -0.2) is 15.8 Å². The monoisotopic (exact) mass is 410 g/mol. The maximum Gasteiger partial charge on any atom is 0.0994 e. The van der Waals surface area contributed by atoms with E-state index in [4.69, 9.17) is 0 Å². The molecule has 1 aromatic heterocycles.